The number of aromatic nitrogens is 1. The maximum atomic E-state index is 11.8. The molecule has 0 spiro atoms. The molecule has 0 aliphatic rings. The lowest BCUT2D eigenvalue weighted by Crippen LogP contribution is -2.24. The number of ether oxygens (including phenoxy) is 1. The molecule has 0 radical (unpaired) electrons. The van der Waals surface area contributed by atoms with Crippen LogP contribution in [0.3, 0.4) is 0 Å². The quantitative estimate of drug-likeness (QED) is 0.876. The Morgan fingerprint density at radius 2 is 1.86 bits per heavy atom. The van der Waals surface area contributed by atoms with Crippen molar-refractivity contribution in [2.45, 2.75) is 13.2 Å². The first kappa shape index (κ1) is 15.4. The molecule has 0 saturated carbocycles. The number of hydrogen-bond acceptors (Lipinski definition) is 4. The van der Waals surface area contributed by atoms with E-state index in [-0.39, 0.29) is 18.7 Å². The van der Waals surface area contributed by atoms with Crippen LogP contribution >= 0.6 is 23.2 Å². The number of nitrogens with two attached hydrogens (primary N) is 1. The summed E-state index contributed by atoms with van der Waals surface area (Å²) in [5.41, 5.74) is 6.13. The summed E-state index contributed by atoms with van der Waals surface area (Å²) >= 11 is 11.9. The first-order valence-electron chi connectivity index (χ1n) is 6.02. The van der Waals surface area contributed by atoms with Gasteiger partial charge in [-0.1, -0.05) is 29.3 Å². The van der Waals surface area contributed by atoms with E-state index in [0.717, 1.165) is 0 Å². The SMILES string of the molecule is Nc1ccc(=O)n(CC(=O)OCc2c(Cl)cccc2Cl)c1. The summed E-state index contributed by atoms with van der Waals surface area (Å²) in [7, 11) is 0. The molecule has 2 aromatic rings. The number of esters is 1. The molecule has 1 heterocycles. The summed E-state index contributed by atoms with van der Waals surface area (Å²) in [5.74, 6) is -0.585. The fourth-order valence-corrected chi connectivity index (χ4v) is 2.19. The molecule has 2 N–H and O–H groups in total. The fourth-order valence-electron chi connectivity index (χ4n) is 1.68. The van der Waals surface area contributed by atoms with Crippen LogP contribution in [0.1, 0.15) is 5.56 Å². The van der Waals surface area contributed by atoms with Crippen LogP contribution in [0.5, 0.6) is 0 Å². The second-order valence-corrected chi connectivity index (χ2v) is 5.10. The van der Waals surface area contributed by atoms with Gasteiger partial charge in [0.15, 0.2) is 0 Å². The highest BCUT2D eigenvalue weighted by Crippen LogP contribution is 2.24. The predicted molar refractivity (Wildman–Crippen MR) is 81.4 cm³/mol. The van der Waals surface area contributed by atoms with Gasteiger partial charge in [-0.25, -0.2) is 0 Å². The van der Waals surface area contributed by atoms with Gasteiger partial charge in [-0.2, -0.15) is 0 Å². The van der Waals surface area contributed by atoms with Gasteiger partial charge in [0.2, 0.25) is 0 Å². The number of nitrogens with zero attached hydrogens (tertiary/aromatic N) is 1. The highest BCUT2D eigenvalue weighted by atomic mass is 35.5. The molecule has 0 unspecified atom stereocenters. The van der Waals surface area contributed by atoms with Crippen LogP contribution in [-0.2, 0) is 22.7 Å². The van der Waals surface area contributed by atoms with Crippen molar-refractivity contribution in [3.05, 3.63) is 62.5 Å². The molecule has 0 amide bonds. The molecule has 0 fully saturated rings. The lowest BCUT2D eigenvalue weighted by Gasteiger charge is -2.09. The van der Waals surface area contributed by atoms with E-state index in [2.05, 4.69) is 0 Å². The molecule has 1 aromatic carbocycles. The predicted octanol–water partition coefficient (Wildman–Crippen LogP) is 2.48. The lowest BCUT2D eigenvalue weighted by molar-refractivity contribution is -0.145. The Morgan fingerprint density at radius 1 is 1.19 bits per heavy atom. The molecular formula is C14H12Cl2N2O3. The lowest BCUT2D eigenvalue weighted by atomic mass is 10.2. The highest BCUT2D eigenvalue weighted by Gasteiger charge is 2.10. The van der Waals surface area contributed by atoms with E-state index in [0.29, 0.717) is 21.3 Å². The Morgan fingerprint density at radius 3 is 2.52 bits per heavy atom. The third-order valence-electron chi connectivity index (χ3n) is 2.74. The molecule has 2 rings (SSSR count). The number of halogens is 2. The first-order valence-corrected chi connectivity index (χ1v) is 6.77. The molecule has 21 heavy (non-hydrogen) atoms. The number of anilines is 1. The Kier molecular flexibility index (Phi) is 4.88. The van der Waals surface area contributed by atoms with Gasteiger partial charge in [0.05, 0.1) is 0 Å². The van der Waals surface area contributed by atoms with Crippen LogP contribution in [0, 0.1) is 0 Å². The third kappa shape index (κ3) is 4.00. The normalized spacial score (nSPS) is 10.4. The minimum Gasteiger partial charge on any atom is -0.459 e. The van der Waals surface area contributed by atoms with Gasteiger partial charge >= 0.3 is 5.97 Å². The molecular weight excluding hydrogens is 315 g/mol. The monoisotopic (exact) mass is 326 g/mol. The van der Waals surface area contributed by atoms with Crippen molar-refractivity contribution in [2.24, 2.45) is 0 Å². The number of carbonyl (C=O) groups excluding carboxylic acids is 1. The van der Waals surface area contributed by atoms with Gasteiger partial charge in [-0.15, -0.1) is 0 Å². The molecule has 0 aliphatic carbocycles. The third-order valence-corrected chi connectivity index (χ3v) is 3.45. The smallest absolute Gasteiger partial charge is 0.326 e. The van der Waals surface area contributed by atoms with Gasteiger partial charge in [-0.3, -0.25) is 9.59 Å². The van der Waals surface area contributed by atoms with Gasteiger partial charge in [0.25, 0.3) is 5.56 Å². The minimum atomic E-state index is -0.585. The minimum absolute atomic E-state index is 0.0611. The van der Waals surface area contributed by atoms with E-state index in [1.807, 2.05) is 0 Å². The number of pyridine rings is 1. The van der Waals surface area contributed by atoms with Gasteiger partial charge in [0, 0.05) is 33.6 Å². The molecule has 0 saturated heterocycles. The summed E-state index contributed by atoms with van der Waals surface area (Å²) in [4.78, 5) is 23.3. The first-order chi connectivity index (χ1) is 9.97. The van der Waals surface area contributed by atoms with Gasteiger partial charge in [-0.05, 0) is 18.2 Å². The number of nitrogen functional groups attached to an aromatic ring is 1. The van der Waals surface area contributed by atoms with Gasteiger partial charge < -0.3 is 15.0 Å². The van der Waals surface area contributed by atoms with Crippen LogP contribution in [0.15, 0.2) is 41.3 Å². The molecule has 5 nitrogen and oxygen atoms in total. The zero-order chi connectivity index (χ0) is 15.4. The Balaban J connectivity index is 2.03. The number of hydrogen-bond donors (Lipinski definition) is 1. The standard InChI is InChI=1S/C14H12Cl2N2O3/c15-11-2-1-3-12(16)10(11)8-21-14(20)7-18-6-9(17)4-5-13(18)19/h1-6H,7-8,17H2. The van der Waals surface area contributed by atoms with Crippen molar-refractivity contribution in [3.8, 4) is 0 Å². The zero-order valence-electron chi connectivity index (χ0n) is 10.9. The van der Waals surface area contributed by atoms with Crippen molar-refractivity contribution in [3.63, 3.8) is 0 Å². The van der Waals surface area contributed by atoms with Gasteiger partial charge in [0.1, 0.15) is 13.2 Å². The van der Waals surface area contributed by atoms with Crippen LogP contribution in [0.4, 0.5) is 5.69 Å². The van der Waals surface area contributed by atoms with E-state index < -0.39 is 5.97 Å². The Bertz CT molecular complexity index is 708. The Hall–Kier alpha value is -1.98. The average molecular weight is 327 g/mol. The van der Waals surface area contributed by atoms with Crippen molar-refractivity contribution in [2.75, 3.05) is 5.73 Å². The maximum absolute atomic E-state index is 11.8. The fraction of sp³-hybridized carbons (Fsp3) is 0.143. The van der Waals surface area contributed by atoms with Crippen molar-refractivity contribution >= 4 is 34.9 Å². The largest absolute Gasteiger partial charge is 0.459 e. The van der Waals surface area contributed by atoms with E-state index in [1.165, 1.54) is 22.9 Å². The van der Waals surface area contributed by atoms with Crippen LogP contribution in [-0.4, -0.2) is 10.5 Å². The van der Waals surface area contributed by atoms with Crippen molar-refractivity contribution < 1.29 is 9.53 Å². The summed E-state index contributed by atoms with van der Waals surface area (Å²) in [6.45, 7) is -0.291. The summed E-state index contributed by atoms with van der Waals surface area (Å²) < 4.78 is 6.25. The molecule has 0 bridgehead atoms. The number of benzene rings is 1. The second kappa shape index (κ2) is 6.65. The molecule has 0 aliphatic heterocycles. The number of carbonyl (C=O) groups is 1. The van der Waals surface area contributed by atoms with E-state index in [1.54, 1.807) is 18.2 Å². The summed E-state index contributed by atoms with van der Waals surface area (Å²) in [6.07, 6.45) is 1.38. The topological polar surface area (TPSA) is 74.3 Å². The van der Waals surface area contributed by atoms with Crippen LogP contribution in [0.2, 0.25) is 10.0 Å². The summed E-state index contributed by atoms with van der Waals surface area (Å²) in [5, 5.41) is 0.827. The Labute approximate surface area is 130 Å². The van der Waals surface area contributed by atoms with E-state index >= 15 is 0 Å². The highest BCUT2D eigenvalue weighted by molar-refractivity contribution is 6.35. The molecule has 110 valence electrons. The number of rotatable bonds is 4. The van der Waals surface area contributed by atoms with Crippen molar-refractivity contribution in [1.29, 1.82) is 0 Å². The zero-order valence-corrected chi connectivity index (χ0v) is 12.4. The maximum Gasteiger partial charge on any atom is 0.326 e. The van der Waals surface area contributed by atoms with Crippen molar-refractivity contribution in [1.82, 2.24) is 4.57 Å². The van der Waals surface area contributed by atoms with Crippen LogP contribution < -0.4 is 11.3 Å². The van der Waals surface area contributed by atoms with E-state index in [4.69, 9.17) is 33.7 Å². The molecule has 7 heteroatoms. The molecule has 0 atom stereocenters. The average Bonchev–Trinajstić information content (AvgIpc) is 2.42. The summed E-state index contributed by atoms with van der Waals surface area (Å²) in [6, 6.07) is 7.75. The molecule has 1 aromatic heterocycles. The second-order valence-electron chi connectivity index (χ2n) is 4.29. The van der Waals surface area contributed by atoms with E-state index in [9.17, 15) is 9.59 Å². The van der Waals surface area contributed by atoms with Crippen LogP contribution in [0.25, 0.3) is 0 Å².